The van der Waals surface area contributed by atoms with E-state index in [0.29, 0.717) is 6.42 Å². The molecule has 0 fully saturated rings. The van der Waals surface area contributed by atoms with Crippen LogP contribution in [0.2, 0.25) is 0 Å². The van der Waals surface area contributed by atoms with Crippen LogP contribution in [-0.2, 0) is 4.79 Å². The van der Waals surface area contributed by atoms with Crippen LogP contribution in [0.1, 0.15) is 47.0 Å². The third-order valence-electron chi connectivity index (χ3n) is 2.46. The molecule has 0 aromatic heterocycles. The van der Waals surface area contributed by atoms with E-state index < -0.39 is 10.8 Å². The Morgan fingerprint density at radius 1 is 1.38 bits per heavy atom. The van der Waals surface area contributed by atoms with Gasteiger partial charge in [-0.1, -0.05) is 6.92 Å². The molecule has 0 saturated carbocycles. The normalized spacial score (nSPS) is 15.8. The largest absolute Gasteiger partial charge is 0.281 e. The average Bonchev–Trinajstić information content (AvgIpc) is 2.24. The number of nitriles is 1. The lowest BCUT2D eigenvalue weighted by molar-refractivity contribution is -0.111. The van der Waals surface area contributed by atoms with Gasteiger partial charge < -0.3 is 0 Å². The van der Waals surface area contributed by atoms with Crippen molar-refractivity contribution in [2.24, 2.45) is 10.2 Å². The zero-order chi connectivity index (χ0) is 12.8. The second-order valence-corrected chi connectivity index (χ2v) is 5.03. The molecule has 0 saturated heterocycles. The van der Waals surface area contributed by atoms with Gasteiger partial charge in [-0.15, -0.1) is 0 Å². The van der Waals surface area contributed by atoms with E-state index in [-0.39, 0.29) is 12.0 Å². The van der Waals surface area contributed by atoms with Gasteiger partial charge in [-0.2, -0.15) is 15.5 Å². The van der Waals surface area contributed by atoms with Crippen molar-refractivity contribution < 1.29 is 4.79 Å². The van der Waals surface area contributed by atoms with Gasteiger partial charge in [-0.3, -0.25) is 4.79 Å². The third-order valence-corrected chi connectivity index (χ3v) is 2.64. The van der Waals surface area contributed by atoms with Crippen LogP contribution in [0.3, 0.4) is 0 Å². The number of halogens is 1. The molecule has 0 aliphatic rings. The van der Waals surface area contributed by atoms with E-state index in [9.17, 15) is 4.79 Å². The maximum atomic E-state index is 10.6. The van der Waals surface area contributed by atoms with Crippen molar-refractivity contribution in [2.45, 2.75) is 58.0 Å². The Kier molecular flexibility index (Phi) is 5.60. The Bertz CT molecular complexity index is 320. The maximum Gasteiger partial charge on any atom is 0.221 e. The predicted molar refractivity (Wildman–Crippen MR) is 63.3 cm³/mol. The highest BCUT2D eigenvalue weighted by atomic mass is 35.5. The molecule has 0 rings (SSSR count). The fraction of sp³-hybridized carbons (Fsp3) is 0.818. The summed E-state index contributed by atoms with van der Waals surface area (Å²) in [6.45, 7) is 7.55. The molecule has 0 amide bonds. The van der Waals surface area contributed by atoms with E-state index in [1.807, 2.05) is 20.8 Å². The summed E-state index contributed by atoms with van der Waals surface area (Å²) in [5.74, 6) is 0. The first kappa shape index (κ1) is 15.0. The number of rotatable bonds is 6. The molecular formula is C11H18ClN3O. The van der Waals surface area contributed by atoms with Crippen LogP contribution in [0.4, 0.5) is 0 Å². The van der Waals surface area contributed by atoms with Crippen LogP contribution in [0.5, 0.6) is 0 Å². The van der Waals surface area contributed by atoms with Crippen molar-refractivity contribution in [1.29, 1.82) is 5.26 Å². The minimum absolute atomic E-state index is 0.136. The number of hydrogen-bond donors (Lipinski definition) is 0. The van der Waals surface area contributed by atoms with Gasteiger partial charge in [0.15, 0.2) is 5.54 Å². The van der Waals surface area contributed by atoms with Crippen LogP contribution < -0.4 is 0 Å². The summed E-state index contributed by atoms with van der Waals surface area (Å²) in [5.41, 5.74) is -1.24. The summed E-state index contributed by atoms with van der Waals surface area (Å²) in [4.78, 5) is 10.6. The van der Waals surface area contributed by atoms with Gasteiger partial charge >= 0.3 is 0 Å². The fourth-order valence-electron chi connectivity index (χ4n) is 0.786. The van der Waals surface area contributed by atoms with Gasteiger partial charge in [-0.05, 0) is 45.2 Å². The molecule has 5 heteroatoms. The van der Waals surface area contributed by atoms with Crippen molar-refractivity contribution in [3.05, 3.63) is 0 Å². The van der Waals surface area contributed by atoms with Crippen molar-refractivity contribution in [3.8, 4) is 6.07 Å². The Morgan fingerprint density at radius 3 is 2.31 bits per heavy atom. The zero-order valence-corrected chi connectivity index (χ0v) is 11.0. The van der Waals surface area contributed by atoms with E-state index in [2.05, 4.69) is 16.3 Å². The Balaban J connectivity index is 4.61. The first-order valence-corrected chi connectivity index (χ1v) is 5.66. The molecule has 1 atom stereocenters. The molecule has 0 N–H and O–H groups in total. The lowest BCUT2D eigenvalue weighted by atomic mass is 9.99. The minimum atomic E-state index is -0.961. The molecule has 0 aromatic rings. The van der Waals surface area contributed by atoms with Crippen LogP contribution in [0.25, 0.3) is 0 Å². The smallest absolute Gasteiger partial charge is 0.221 e. The molecule has 0 aliphatic heterocycles. The molecular weight excluding hydrogens is 226 g/mol. The lowest BCUT2D eigenvalue weighted by Crippen LogP contribution is -2.22. The molecule has 0 spiro atoms. The minimum Gasteiger partial charge on any atom is -0.281 e. The van der Waals surface area contributed by atoms with Crippen molar-refractivity contribution in [2.75, 3.05) is 0 Å². The topological polar surface area (TPSA) is 65.6 Å². The molecule has 16 heavy (non-hydrogen) atoms. The highest BCUT2D eigenvalue weighted by Gasteiger charge is 2.25. The van der Waals surface area contributed by atoms with Crippen molar-refractivity contribution in [3.63, 3.8) is 0 Å². The highest BCUT2D eigenvalue weighted by Crippen LogP contribution is 2.22. The van der Waals surface area contributed by atoms with Gasteiger partial charge in [0, 0.05) is 6.42 Å². The molecule has 0 aromatic carbocycles. The van der Waals surface area contributed by atoms with Crippen LogP contribution in [-0.4, -0.2) is 16.3 Å². The Labute approximate surface area is 102 Å². The third kappa shape index (κ3) is 5.82. The Hall–Kier alpha value is -0.950. The average molecular weight is 244 g/mol. The summed E-state index contributed by atoms with van der Waals surface area (Å²) in [6.07, 6.45) is 1.28. The molecule has 1 unspecified atom stereocenters. The molecule has 0 aliphatic carbocycles. The monoisotopic (exact) mass is 243 g/mol. The van der Waals surface area contributed by atoms with Gasteiger partial charge in [0.05, 0.1) is 11.6 Å². The summed E-state index contributed by atoms with van der Waals surface area (Å²) >= 11 is 5.24. The first-order valence-electron chi connectivity index (χ1n) is 5.28. The van der Waals surface area contributed by atoms with E-state index in [1.165, 1.54) is 0 Å². The van der Waals surface area contributed by atoms with E-state index in [4.69, 9.17) is 16.9 Å². The fourth-order valence-corrected chi connectivity index (χ4v) is 0.881. The summed E-state index contributed by atoms with van der Waals surface area (Å²) in [7, 11) is 0. The van der Waals surface area contributed by atoms with Crippen molar-refractivity contribution >= 4 is 16.8 Å². The van der Waals surface area contributed by atoms with Crippen molar-refractivity contribution in [1.82, 2.24) is 0 Å². The van der Waals surface area contributed by atoms with Crippen LogP contribution in [0, 0.1) is 11.3 Å². The zero-order valence-electron chi connectivity index (χ0n) is 10.2. The number of carbonyl (C=O) groups is 1. The van der Waals surface area contributed by atoms with Gasteiger partial charge in [0.2, 0.25) is 5.24 Å². The molecule has 90 valence electrons. The first-order chi connectivity index (χ1) is 7.24. The van der Waals surface area contributed by atoms with Gasteiger partial charge in [0.1, 0.15) is 0 Å². The SMILES string of the molecule is CCC(C)(C)N=NC(C)(C#N)CCC(=O)Cl. The quantitative estimate of drug-likeness (QED) is 0.530. The molecule has 4 nitrogen and oxygen atoms in total. The van der Waals surface area contributed by atoms with E-state index in [0.717, 1.165) is 6.42 Å². The van der Waals surface area contributed by atoms with E-state index >= 15 is 0 Å². The van der Waals surface area contributed by atoms with Gasteiger partial charge in [0.25, 0.3) is 0 Å². The Morgan fingerprint density at radius 2 is 1.94 bits per heavy atom. The second kappa shape index (κ2) is 5.95. The molecule has 0 bridgehead atoms. The summed E-state index contributed by atoms with van der Waals surface area (Å²) in [5, 5.41) is 16.7. The number of azo groups is 1. The number of nitrogens with zero attached hydrogens (tertiary/aromatic N) is 3. The number of carbonyl (C=O) groups excluding carboxylic acids is 1. The summed E-state index contributed by atoms with van der Waals surface area (Å²) < 4.78 is 0. The summed E-state index contributed by atoms with van der Waals surface area (Å²) in [6, 6.07) is 2.06. The number of hydrogen-bond acceptors (Lipinski definition) is 4. The molecule has 0 heterocycles. The van der Waals surface area contributed by atoms with Crippen LogP contribution in [0.15, 0.2) is 10.2 Å². The molecule has 0 radical (unpaired) electrons. The second-order valence-electron chi connectivity index (χ2n) is 4.61. The van der Waals surface area contributed by atoms with Crippen LogP contribution >= 0.6 is 11.6 Å². The van der Waals surface area contributed by atoms with E-state index in [1.54, 1.807) is 6.92 Å². The maximum absolute atomic E-state index is 10.6. The highest BCUT2D eigenvalue weighted by molar-refractivity contribution is 6.63. The lowest BCUT2D eigenvalue weighted by Gasteiger charge is -2.19. The van der Waals surface area contributed by atoms with Gasteiger partial charge in [-0.25, -0.2) is 0 Å². The standard InChI is InChI=1S/C11H18ClN3O/c1-5-10(2,3)14-15-11(4,8-13)7-6-9(12)16/h5-7H2,1-4H3. The predicted octanol–water partition coefficient (Wildman–Crippen LogP) is 3.46.